The highest BCUT2D eigenvalue weighted by molar-refractivity contribution is 7.14. The first kappa shape index (κ1) is 15.8. The molecule has 0 aliphatic carbocycles. The molecule has 1 amide bonds. The van der Waals surface area contributed by atoms with Crippen molar-refractivity contribution < 1.29 is 9.90 Å². The molecule has 0 atom stereocenters. The third kappa shape index (κ3) is 4.74. The van der Waals surface area contributed by atoms with Gasteiger partial charge in [0.2, 0.25) is 5.91 Å². The van der Waals surface area contributed by atoms with Gasteiger partial charge in [0.25, 0.3) is 0 Å². The number of carbonyl (C=O) groups is 1. The predicted molar refractivity (Wildman–Crippen MR) is 78.4 cm³/mol. The van der Waals surface area contributed by atoms with Crippen LogP contribution in [0.3, 0.4) is 0 Å². The molecule has 106 valence electrons. The van der Waals surface area contributed by atoms with Gasteiger partial charge < -0.3 is 5.11 Å². The van der Waals surface area contributed by atoms with E-state index in [-0.39, 0.29) is 12.5 Å². The van der Waals surface area contributed by atoms with E-state index in [0.29, 0.717) is 26.2 Å². The summed E-state index contributed by atoms with van der Waals surface area (Å²) >= 11 is 1.47. The number of anilines is 1. The van der Waals surface area contributed by atoms with E-state index in [9.17, 15) is 4.79 Å². The van der Waals surface area contributed by atoms with Crippen LogP contribution in [0.15, 0.2) is 18.0 Å². The highest BCUT2D eigenvalue weighted by Crippen LogP contribution is 2.21. The van der Waals surface area contributed by atoms with Gasteiger partial charge in [-0.15, -0.1) is 17.9 Å². The molecule has 0 aromatic carbocycles. The molecule has 0 fully saturated rings. The smallest absolute Gasteiger partial charge is 0.225 e. The number of thiazole rings is 1. The molecule has 0 aliphatic rings. The molecule has 0 unspecified atom stereocenters. The average molecular weight is 283 g/mol. The van der Waals surface area contributed by atoms with E-state index in [2.05, 4.69) is 16.5 Å². The molecule has 1 aromatic heterocycles. The first-order valence-electron chi connectivity index (χ1n) is 6.29. The quantitative estimate of drug-likeness (QED) is 0.735. The Labute approximate surface area is 118 Å². The Hall–Kier alpha value is -1.24. The summed E-state index contributed by atoms with van der Waals surface area (Å²) in [6.45, 7) is 9.85. The lowest BCUT2D eigenvalue weighted by atomic mass is 10.4. The fourth-order valence-corrected chi connectivity index (χ4v) is 2.70. The van der Waals surface area contributed by atoms with Gasteiger partial charge in [0.05, 0.1) is 12.3 Å². The number of hydrogen-bond acceptors (Lipinski definition) is 5. The van der Waals surface area contributed by atoms with E-state index in [0.717, 1.165) is 10.8 Å². The number of aliphatic hydroxyl groups excluding tert-OH is 1. The van der Waals surface area contributed by atoms with E-state index in [1.165, 1.54) is 11.3 Å². The van der Waals surface area contributed by atoms with E-state index in [4.69, 9.17) is 5.11 Å². The maximum absolute atomic E-state index is 11.4. The van der Waals surface area contributed by atoms with Gasteiger partial charge in [-0.3, -0.25) is 14.6 Å². The van der Waals surface area contributed by atoms with Crippen LogP contribution in [-0.4, -0.2) is 47.1 Å². The molecule has 6 heteroatoms. The van der Waals surface area contributed by atoms with E-state index in [1.54, 1.807) is 17.9 Å². The summed E-state index contributed by atoms with van der Waals surface area (Å²) in [6.07, 6.45) is 1.80. The molecular formula is C13H21N3O2S. The standard InChI is InChI=1S/C13H21N3O2S/c1-4-6-15(7-8-17)9-12-10-19-13(14-12)16(5-2)11(3)18/h4,10,17H,1,5-9H2,2-3H3. The Morgan fingerprint density at radius 1 is 1.63 bits per heavy atom. The fraction of sp³-hybridized carbons (Fsp3) is 0.538. The van der Waals surface area contributed by atoms with Crippen molar-refractivity contribution in [3.63, 3.8) is 0 Å². The molecule has 0 saturated heterocycles. The van der Waals surface area contributed by atoms with E-state index in [1.807, 2.05) is 12.3 Å². The highest BCUT2D eigenvalue weighted by Gasteiger charge is 2.14. The monoisotopic (exact) mass is 283 g/mol. The Morgan fingerprint density at radius 3 is 2.89 bits per heavy atom. The Bertz CT molecular complexity index is 420. The molecule has 0 saturated carbocycles. The number of aromatic nitrogens is 1. The van der Waals surface area contributed by atoms with Gasteiger partial charge in [-0.25, -0.2) is 4.98 Å². The maximum atomic E-state index is 11.4. The molecule has 0 spiro atoms. The normalized spacial score (nSPS) is 10.7. The zero-order valence-corrected chi connectivity index (χ0v) is 12.3. The summed E-state index contributed by atoms with van der Waals surface area (Å²) in [7, 11) is 0. The summed E-state index contributed by atoms with van der Waals surface area (Å²) < 4.78 is 0. The first-order valence-corrected chi connectivity index (χ1v) is 7.17. The SMILES string of the molecule is C=CCN(CCO)Cc1csc(N(CC)C(C)=O)n1. The van der Waals surface area contributed by atoms with Crippen LogP contribution in [0, 0.1) is 0 Å². The number of carbonyl (C=O) groups excluding carboxylic acids is 1. The van der Waals surface area contributed by atoms with Crippen molar-refractivity contribution in [3.8, 4) is 0 Å². The molecule has 1 aromatic rings. The summed E-state index contributed by atoms with van der Waals surface area (Å²) in [6, 6.07) is 0. The summed E-state index contributed by atoms with van der Waals surface area (Å²) in [4.78, 5) is 19.6. The average Bonchev–Trinajstić information content (AvgIpc) is 2.78. The van der Waals surface area contributed by atoms with Gasteiger partial charge in [-0.2, -0.15) is 0 Å². The minimum absolute atomic E-state index is 0.00158. The molecule has 1 rings (SSSR count). The van der Waals surface area contributed by atoms with Crippen LogP contribution < -0.4 is 4.90 Å². The third-order valence-electron chi connectivity index (χ3n) is 2.66. The maximum Gasteiger partial charge on any atom is 0.225 e. The second-order valence-electron chi connectivity index (χ2n) is 4.13. The molecule has 5 nitrogen and oxygen atoms in total. The topological polar surface area (TPSA) is 56.7 Å². The van der Waals surface area contributed by atoms with Crippen molar-refractivity contribution in [1.82, 2.24) is 9.88 Å². The van der Waals surface area contributed by atoms with Crippen molar-refractivity contribution in [3.05, 3.63) is 23.7 Å². The third-order valence-corrected chi connectivity index (χ3v) is 3.57. The minimum atomic E-state index is 0.00158. The molecule has 0 bridgehead atoms. The minimum Gasteiger partial charge on any atom is -0.395 e. The van der Waals surface area contributed by atoms with Gasteiger partial charge in [-0.05, 0) is 6.92 Å². The number of nitrogens with zero attached hydrogens (tertiary/aromatic N) is 3. The van der Waals surface area contributed by atoms with Gasteiger partial charge in [-0.1, -0.05) is 6.08 Å². The molecule has 19 heavy (non-hydrogen) atoms. The van der Waals surface area contributed by atoms with Crippen molar-refractivity contribution in [2.45, 2.75) is 20.4 Å². The molecular weight excluding hydrogens is 262 g/mol. The van der Waals surface area contributed by atoms with Gasteiger partial charge >= 0.3 is 0 Å². The molecule has 0 radical (unpaired) electrons. The van der Waals surface area contributed by atoms with Crippen LogP contribution in [0.5, 0.6) is 0 Å². The van der Waals surface area contributed by atoms with Crippen LogP contribution in [0.4, 0.5) is 5.13 Å². The summed E-state index contributed by atoms with van der Waals surface area (Å²) in [5.74, 6) is 0.00158. The Balaban J connectivity index is 2.72. The van der Waals surface area contributed by atoms with Crippen molar-refractivity contribution >= 4 is 22.4 Å². The second-order valence-corrected chi connectivity index (χ2v) is 4.97. The van der Waals surface area contributed by atoms with E-state index < -0.39 is 0 Å². The molecule has 1 N–H and O–H groups in total. The number of amides is 1. The van der Waals surface area contributed by atoms with E-state index >= 15 is 0 Å². The van der Waals surface area contributed by atoms with Crippen molar-refractivity contribution in [1.29, 1.82) is 0 Å². The first-order chi connectivity index (χ1) is 9.12. The number of aliphatic hydroxyl groups is 1. The lowest BCUT2D eigenvalue weighted by Crippen LogP contribution is -2.28. The van der Waals surface area contributed by atoms with Crippen molar-refractivity contribution in [2.75, 3.05) is 31.1 Å². The summed E-state index contributed by atoms with van der Waals surface area (Å²) in [5, 5.41) is 11.7. The lowest BCUT2D eigenvalue weighted by Gasteiger charge is -2.18. The van der Waals surface area contributed by atoms with Crippen LogP contribution in [0.2, 0.25) is 0 Å². The zero-order chi connectivity index (χ0) is 14.3. The second kappa shape index (κ2) is 8.04. The van der Waals surface area contributed by atoms with Crippen molar-refractivity contribution in [2.24, 2.45) is 0 Å². The Morgan fingerprint density at radius 2 is 2.37 bits per heavy atom. The number of rotatable bonds is 8. The van der Waals surface area contributed by atoms with Crippen LogP contribution in [0.25, 0.3) is 0 Å². The zero-order valence-electron chi connectivity index (χ0n) is 11.5. The van der Waals surface area contributed by atoms with Gasteiger partial charge in [0.1, 0.15) is 0 Å². The van der Waals surface area contributed by atoms with Crippen LogP contribution in [0.1, 0.15) is 19.5 Å². The Kier molecular flexibility index (Phi) is 6.69. The molecule has 1 heterocycles. The summed E-state index contributed by atoms with van der Waals surface area (Å²) in [5.41, 5.74) is 0.912. The highest BCUT2D eigenvalue weighted by atomic mass is 32.1. The van der Waals surface area contributed by atoms with Crippen LogP contribution in [-0.2, 0) is 11.3 Å². The van der Waals surface area contributed by atoms with Crippen LogP contribution >= 0.6 is 11.3 Å². The molecule has 0 aliphatic heterocycles. The predicted octanol–water partition coefficient (Wildman–Crippen LogP) is 1.50. The van der Waals surface area contributed by atoms with Gasteiger partial charge in [0.15, 0.2) is 5.13 Å². The number of hydrogen-bond donors (Lipinski definition) is 1. The fourth-order valence-electron chi connectivity index (χ4n) is 1.77. The largest absolute Gasteiger partial charge is 0.395 e. The van der Waals surface area contributed by atoms with Gasteiger partial charge in [0, 0.05) is 38.5 Å². The lowest BCUT2D eigenvalue weighted by molar-refractivity contribution is -0.116.